The summed E-state index contributed by atoms with van der Waals surface area (Å²) in [6.07, 6.45) is 6.84. The van der Waals surface area contributed by atoms with Crippen molar-refractivity contribution >= 4 is 6.08 Å². The first-order valence-electron chi connectivity index (χ1n) is 4.96. The molecule has 1 aliphatic heterocycles. The van der Waals surface area contributed by atoms with Gasteiger partial charge in [-0.3, -0.25) is 0 Å². The molecular formula is C11H15NO2. The zero-order valence-corrected chi connectivity index (χ0v) is 8.11. The van der Waals surface area contributed by atoms with E-state index < -0.39 is 0 Å². The maximum Gasteiger partial charge on any atom is 0.126 e. The normalized spacial score (nSPS) is 22.1. The van der Waals surface area contributed by atoms with Crippen molar-refractivity contribution in [3.63, 3.8) is 0 Å². The molecule has 0 aromatic carbocycles. The van der Waals surface area contributed by atoms with E-state index in [9.17, 15) is 0 Å². The van der Waals surface area contributed by atoms with Crippen LogP contribution < -0.4 is 5.32 Å². The van der Waals surface area contributed by atoms with Crippen molar-refractivity contribution in [2.24, 2.45) is 0 Å². The molecule has 1 unspecified atom stereocenters. The third-order valence-corrected chi connectivity index (χ3v) is 2.28. The summed E-state index contributed by atoms with van der Waals surface area (Å²) in [4.78, 5) is 0. The SMILES string of the molecule is C(=C\c1ccco1)/CNC1CCOC1. The van der Waals surface area contributed by atoms with Crippen LogP contribution in [-0.2, 0) is 4.74 Å². The summed E-state index contributed by atoms with van der Waals surface area (Å²) in [5.74, 6) is 0.898. The fraction of sp³-hybridized carbons (Fsp3) is 0.455. The van der Waals surface area contributed by atoms with Crippen LogP contribution in [0.5, 0.6) is 0 Å². The highest BCUT2D eigenvalue weighted by Crippen LogP contribution is 2.04. The molecule has 14 heavy (non-hydrogen) atoms. The van der Waals surface area contributed by atoms with Gasteiger partial charge in [-0.05, 0) is 24.6 Å². The Bertz CT molecular complexity index is 273. The number of hydrogen-bond donors (Lipinski definition) is 1. The summed E-state index contributed by atoms with van der Waals surface area (Å²) >= 11 is 0. The largest absolute Gasteiger partial charge is 0.465 e. The smallest absolute Gasteiger partial charge is 0.126 e. The Hall–Kier alpha value is -1.06. The van der Waals surface area contributed by atoms with Crippen LogP contribution in [0.2, 0.25) is 0 Å². The number of ether oxygens (including phenoxy) is 1. The minimum absolute atomic E-state index is 0.524. The third kappa shape index (κ3) is 2.72. The molecule has 1 N–H and O–H groups in total. The van der Waals surface area contributed by atoms with Gasteiger partial charge in [0.2, 0.25) is 0 Å². The van der Waals surface area contributed by atoms with E-state index in [-0.39, 0.29) is 0 Å². The summed E-state index contributed by atoms with van der Waals surface area (Å²) < 4.78 is 10.4. The molecule has 1 fully saturated rings. The lowest BCUT2D eigenvalue weighted by atomic mass is 10.2. The van der Waals surface area contributed by atoms with Gasteiger partial charge < -0.3 is 14.5 Å². The maximum atomic E-state index is 5.25. The van der Waals surface area contributed by atoms with Crippen molar-refractivity contribution in [3.05, 3.63) is 30.2 Å². The summed E-state index contributed by atoms with van der Waals surface area (Å²) in [5.41, 5.74) is 0. The average molecular weight is 193 g/mol. The lowest BCUT2D eigenvalue weighted by Crippen LogP contribution is -2.29. The van der Waals surface area contributed by atoms with Crippen molar-refractivity contribution in [1.82, 2.24) is 5.32 Å². The highest BCUT2D eigenvalue weighted by Gasteiger charge is 2.13. The maximum absolute atomic E-state index is 5.25. The third-order valence-electron chi connectivity index (χ3n) is 2.28. The lowest BCUT2D eigenvalue weighted by Gasteiger charge is -2.06. The lowest BCUT2D eigenvalue weighted by molar-refractivity contribution is 0.190. The summed E-state index contributed by atoms with van der Waals surface area (Å²) in [7, 11) is 0. The molecule has 0 saturated carbocycles. The molecule has 0 radical (unpaired) electrons. The van der Waals surface area contributed by atoms with Gasteiger partial charge in [0.05, 0.1) is 12.9 Å². The van der Waals surface area contributed by atoms with Crippen molar-refractivity contribution < 1.29 is 9.15 Å². The molecule has 1 atom stereocenters. The minimum atomic E-state index is 0.524. The van der Waals surface area contributed by atoms with Crippen LogP contribution in [0.3, 0.4) is 0 Å². The van der Waals surface area contributed by atoms with Gasteiger partial charge in [-0.15, -0.1) is 0 Å². The van der Waals surface area contributed by atoms with E-state index in [4.69, 9.17) is 9.15 Å². The first-order valence-corrected chi connectivity index (χ1v) is 4.96. The van der Waals surface area contributed by atoms with E-state index in [2.05, 4.69) is 11.4 Å². The van der Waals surface area contributed by atoms with Crippen molar-refractivity contribution in [3.8, 4) is 0 Å². The fourth-order valence-electron chi connectivity index (χ4n) is 1.49. The van der Waals surface area contributed by atoms with Crippen molar-refractivity contribution in [2.45, 2.75) is 12.5 Å². The number of hydrogen-bond acceptors (Lipinski definition) is 3. The van der Waals surface area contributed by atoms with E-state index >= 15 is 0 Å². The Morgan fingerprint density at radius 1 is 1.57 bits per heavy atom. The second-order valence-electron chi connectivity index (χ2n) is 3.39. The topological polar surface area (TPSA) is 34.4 Å². The molecule has 0 bridgehead atoms. The molecule has 2 heterocycles. The van der Waals surface area contributed by atoms with Gasteiger partial charge in [-0.2, -0.15) is 0 Å². The highest BCUT2D eigenvalue weighted by atomic mass is 16.5. The van der Waals surface area contributed by atoms with E-state index in [0.717, 1.165) is 31.9 Å². The Morgan fingerprint density at radius 3 is 3.29 bits per heavy atom. The summed E-state index contributed by atoms with van der Waals surface area (Å²) in [5, 5.41) is 3.39. The van der Waals surface area contributed by atoms with Gasteiger partial charge in [-0.25, -0.2) is 0 Å². The first-order chi connectivity index (χ1) is 6.95. The quantitative estimate of drug-likeness (QED) is 0.789. The van der Waals surface area contributed by atoms with E-state index in [1.807, 2.05) is 18.2 Å². The second-order valence-corrected chi connectivity index (χ2v) is 3.39. The highest BCUT2D eigenvalue weighted by molar-refractivity contribution is 5.42. The van der Waals surface area contributed by atoms with Gasteiger partial charge in [0.15, 0.2) is 0 Å². The molecule has 3 nitrogen and oxygen atoms in total. The van der Waals surface area contributed by atoms with Crippen LogP contribution in [0.4, 0.5) is 0 Å². The Balaban J connectivity index is 1.67. The monoisotopic (exact) mass is 193 g/mol. The molecule has 1 aromatic rings. The van der Waals surface area contributed by atoms with Gasteiger partial charge >= 0.3 is 0 Å². The molecular weight excluding hydrogens is 178 g/mol. The van der Waals surface area contributed by atoms with Crippen LogP contribution in [0.15, 0.2) is 28.9 Å². The zero-order chi connectivity index (χ0) is 9.64. The first kappa shape index (κ1) is 9.49. The van der Waals surface area contributed by atoms with E-state index in [1.54, 1.807) is 6.26 Å². The van der Waals surface area contributed by atoms with Gasteiger partial charge in [0, 0.05) is 19.2 Å². The Kier molecular flexibility index (Phi) is 3.38. The molecule has 1 saturated heterocycles. The van der Waals surface area contributed by atoms with E-state index in [1.165, 1.54) is 0 Å². The van der Waals surface area contributed by atoms with Gasteiger partial charge in [0.1, 0.15) is 5.76 Å². The second kappa shape index (κ2) is 4.98. The molecule has 1 aliphatic rings. The standard InChI is InChI=1S/C11H15NO2/c1(3-11-4-2-7-14-11)6-12-10-5-8-13-9-10/h1-4,7,10,12H,5-6,8-9H2/b3-1+. The van der Waals surface area contributed by atoms with Crippen molar-refractivity contribution in [2.75, 3.05) is 19.8 Å². The fourth-order valence-corrected chi connectivity index (χ4v) is 1.49. The van der Waals surface area contributed by atoms with Crippen molar-refractivity contribution in [1.29, 1.82) is 0 Å². The molecule has 3 heteroatoms. The molecule has 1 aromatic heterocycles. The van der Waals surface area contributed by atoms with Crippen LogP contribution in [-0.4, -0.2) is 25.8 Å². The Morgan fingerprint density at radius 2 is 2.57 bits per heavy atom. The molecule has 0 spiro atoms. The number of rotatable bonds is 4. The van der Waals surface area contributed by atoms with Crippen LogP contribution >= 0.6 is 0 Å². The number of furan rings is 1. The molecule has 76 valence electrons. The van der Waals surface area contributed by atoms with Gasteiger partial charge in [0.25, 0.3) is 0 Å². The minimum Gasteiger partial charge on any atom is -0.465 e. The molecule has 2 rings (SSSR count). The predicted molar refractivity (Wildman–Crippen MR) is 55.0 cm³/mol. The zero-order valence-electron chi connectivity index (χ0n) is 8.11. The Labute approximate surface area is 83.7 Å². The molecule has 0 amide bonds. The summed E-state index contributed by atoms with van der Waals surface area (Å²) in [6, 6.07) is 4.35. The predicted octanol–water partition coefficient (Wildman–Crippen LogP) is 1.67. The van der Waals surface area contributed by atoms with Gasteiger partial charge in [-0.1, -0.05) is 6.08 Å². The van der Waals surface area contributed by atoms with Crippen LogP contribution in [0.1, 0.15) is 12.2 Å². The van der Waals surface area contributed by atoms with Crippen LogP contribution in [0, 0.1) is 0 Å². The summed E-state index contributed by atoms with van der Waals surface area (Å²) in [6.45, 7) is 2.60. The van der Waals surface area contributed by atoms with Crippen LogP contribution in [0.25, 0.3) is 6.08 Å². The average Bonchev–Trinajstić information content (AvgIpc) is 2.86. The molecule has 0 aliphatic carbocycles. The number of nitrogens with one attached hydrogen (secondary N) is 1. The van der Waals surface area contributed by atoms with E-state index in [0.29, 0.717) is 6.04 Å².